The van der Waals surface area contributed by atoms with Gasteiger partial charge in [-0.15, -0.1) is 0 Å². The average Bonchev–Trinajstić information content (AvgIpc) is 2.37. The van der Waals surface area contributed by atoms with Gasteiger partial charge >= 0.3 is 5.97 Å². The third kappa shape index (κ3) is 3.22. The summed E-state index contributed by atoms with van der Waals surface area (Å²) in [6, 6.07) is 7.59. The molecule has 1 heterocycles. The molecule has 0 aliphatic carbocycles. The third-order valence-corrected chi connectivity index (χ3v) is 2.79. The number of carboxylic acids is 1. The number of carboxylic acid groups (broad SMARTS) is 1. The Morgan fingerprint density at radius 1 is 1.37 bits per heavy atom. The number of ether oxygens (including phenoxy) is 1. The van der Waals surface area contributed by atoms with Crippen molar-refractivity contribution in [2.75, 3.05) is 0 Å². The van der Waals surface area contributed by atoms with Crippen LogP contribution in [0.15, 0.2) is 30.5 Å². The van der Waals surface area contributed by atoms with Crippen LogP contribution in [0.5, 0.6) is 5.75 Å². The summed E-state index contributed by atoms with van der Waals surface area (Å²) in [4.78, 5) is 15.0. The van der Waals surface area contributed by atoms with Crippen LogP contribution in [-0.2, 0) is 11.2 Å². The van der Waals surface area contributed by atoms with Crippen LogP contribution >= 0.6 is 0 Å². The highest BCUT2D eigenvalue weighted by Crippen LogP contribution is 2.28. The van der Waals surface area contributed by atoms with Gasteiger partial charge in [-0.3, -0.25) is 9.78 Å². The number of fused-ring (bicyclic) bond motifs is 1. The van der Waals surface area contributed by atoms with Crippen molar-refractivity contribution in [1.82, 2.24) is 4.98 Å². The minimum atomic E-state index is -0.792. The maximum Gasteiger partial charge on any atom is 0.303 e. The molecule has 19 heavy (non-hydrogen) atoms. The topological polar surface area (TPSA) is 59.4 Å². The Labute approximate surface area is 112 Å². The molecule has 2 aromatic rings. The molecule has 0 aliphatic rings. The van der Waals surface area contributed by atoms with E-state index in [-0.39, 0.29) is 12.5 Å². The lowest BCUT2D eigenvalue weighted by atomic mass is 10.0. The Balaban J connectivity index is 2.42. The SMILES string of the molecule is CC(C)Oc1ccc(CCC(=O)O)c2cccnc12. The molecule has 1 aromatic heterocycles. The number of rotatable bonds is 5. The highest BCUT2D eigenvalue weighted by molar-refractivity contribution is 5.87. The molecule has 0 spiro atoms. The van der Waals surface area contributed by atoms with E-state index in [1.54, 1.807) is 6.20 Å². The molecule has 1 N–H and O–H groups in total. The van der Waals surface area contributed by atoms with Gasteiger partial charge in [-0.1, -0.05) is 12.1 Å². The summed E-state index contributed by atoms with van der Waals surface area (Å²) in [5.74, 6) is -0.0516. The molecule has 0 radical (unpaired) electrons. The number of aryl methyl sites for hydroxylation is 1. The highest BCUT2D eigenvalue weighted by Gasteiger charge is 2.10. The monoisotopic (exact) mass is 259 g/mol. The molecule has 100 valence electrons. The number of hydrogen-bond acceptors (Lipinski definition) is 3. The van der Waals surface area contributed by atoms with Gasteiger partial charge < -0.3 is 9.84 Å². The second kappa shape index (κ2) is 5.69. The lowest BCUT2D eigenvalue weighted by molar-refractivity contribution is -0.136. The highest BCUT2D eigenvalue weighted by atomic mass is 16.5. The van der Waals surface area contributed by atoms with Crippen LogP contribution in [0.25, 0.3) is 10.9 Å². The van der Waals surface area contributed by atoms with E-state index in [4.69, 9.17) is 9.84 Å². The standard InChI is InChI=1S/C15H17NO3/c1-10(2)19-13-7-5-11(6-8-14(17)18)12-4-3-9-16-15(12)13/h3-5,7,9-10H,6,8H2,1-2H3,(H,17,18). The molecule has 1 aromatic carbocycles. The second-order valence-electron chi connectivity index (χ2n) is 4.68. The molecule has 0 aliphatic heterocycles. The molecule has 0 bridgehead atoms. The summed E-state index contributed by atoms with van der Waals surface area (Å²) >= 11 is 0. The van der Waals surface area contributed by atoms with Crippen molar-refractivity contribution in [2.24, 2.45) is 0 Å². The zero-order valence-corrected chi connectivity index (χ0v) is 11.1. The zero-order chi connectivity index (χ0) is 13.8. The average molecular weight is 259 g/mol. The van der Waals surface area contributed by atoms with Crippen molar-refractivity contribution in [3.05, 3.63) is 36.0 Å². The smallest absolute Gasteiger partial charge is 0.303 e. The molecule has 0 amide bonds. The summed E-state index contributed by atoms with van der Waals surface area (Å²) in [6.07, 6.45) is 2.42. The molecule has 0 unspecified atom stereocenters. The van der Waals surface area contributed by atoms with E-state index in [0.29, 0.717) is 6.42 Å². The molecule has 0 saturated heterocycles. The van der Waals surface area contributed by atoms with Crippen LogP contribution in [0.1, 0.15) is 25.8 Å². The van der Waals surface area contributed by atoms with Crippen molar-refractivity contribution in [3.63, 3.8) is 0 Å². The van der Waals surface area contributed by atoms with Crippen molar-refractivity contribution in [2.45, 2.75) is 32.8 Å². The van der Waals surface area contributed by atoms with E-state index in [1.165, 1.54) is 0 Å². The summed E-state index contributed by atoms with van der Waals surface area (Å²) in [5.41, 5.74) is 1.78. The van der Waals surface area contributed by atoms with Gasteiger partial charge in [0.25, 0.3) is 0 Å². The van der Waals surface area contributed by atoms with Crippen LogP contribution in [0, 0.1) is 0 Å². The summed E-state index contributed by atoms with van der Waals surface area (Å²) < 4.78 is 5.73. The first kappa shape index (κ1) is 13.3. The lowest BCUT2D eigenvalue weighted by Crippen LogP contribution is -2.07. The first-order chi connectivity index (χ1) is 9.08. The summed E-state index contributed by atoms with van der Waals surface area (Å²) in [7, 11) is 0. The Bertz CT molecular complexity index is 593. The number of benzene rings is 1. The zero-order valence-electron chi connectivity index (χ0n) is 11.1. The normalized spacial score (nSPS) is 10.9. The third-order valence-electron chi connectivity index (χ3n) is 2.79. The van der Waals surface area contributed by atoms with Gasteiger partial charge in [0.2, 0.25) is 0 Å². The maximum atomic E-state index is 10.7. The second-order valence-corrected chi connectivity index (χ2v) is 4.68. The molecule has 0 saturated carbocycles. The molecule has 2 rings (SSSR count). The van der Waals surface area contributed by atoms with Crippen LogP contribution < -0.4 is 4.74 Å². The molecule has 4 nitrogen and oxygen atoms in total. The number of pyridine rings is 1. The lowest BCUT2D eigenvalue weighted by Gasteiger charge is -2.13. The van der Waals surface area contributed by atoms with Crippen LogP contribution in [0.3, 0.4) is 0 Å². The van der Waals surface area contributed by atoms with Crippen LogP contribution in [0.2, 0.25) is 0 Å². The minimum absolute atomic E-state index is 0.0788. The van der Waals surface area contributed by atoms with Crippen molar-refractivity contribution in [1.29, 1.82) is 0 Å². The first-order valence-electron chi connectivity index (χ1n) is 6.33. The largest absolute Gasteiger partial charge is 0.489 e. The first-order valence-corrected chi connectivity index (χ1v) is 6.33. The van der Waals surface area contributed by atoms with Gasteiger partial charge in [0.1, 0.15) is 11.3 Å². The van der Waals surface area contributed by atoms with Crippen LogP contribution in [-0.4, -0.2) is 22.2 Å². The Kier molecular flexibility index (Phi) is 4.00. The van der Waals surface area contributed by atoms with E-state index < -0.39 is 5.97 Å². The minimum Gasteiger partial charge on any atom is -0.489 e. The molecule has 0 atom stereocenters. The Morgan fingerprint density at radius 2 is 2.16 bits per heavy atom. The summed E-state index contributed by atoms with van der Waals surface area (Å²) in [6.45, 7) is 3.93. The molecule has 0 fully saturated rings. The number of hydrogen-bond donors (Lipinski definition) is 1. The predicted octanol–water partition coefficient (Wildman–Crippen LogP) is 3.04. The van der Waals surface area contributed by atoms with E-state index in [1.807, 2.05) is 38.1 Å². The van der Waals surface area contributed by atoms with Crippen molar-refractivity contribution < 1.29 is 14.6 Å². The number of nitrogens with zero attached hydrogens (tertiary/aromatic N) is 1. The van der Waals surface area contributed by atoms with Crippen molar-refractivity contribution in [3.8, 4) is 5.75 Å². The molecule has 4 heteroatoms. The van der Waals surface area contributed by atoms with Gasteiger partial charge in [-0.25, -0.2) is 0 Å². The fourth-order valence-corrected chi connectivity index (χ4v) is 2.01. The molecular formula is C15H17NO3. The van der Waals surface area contributed by atoms with Crippen molar-refractivity contribution >= 4 is 16.9 Å². The number of aliphatic carboxylic acids is 1. The van der Waals surface area contributed by atoms with E-state index in [0.717, 1.165) is 22.2 Å². The summed E-state index contributed by atoms with van der Waals surface area (Å²) in [5, 5.41) is 9.74. The fourth-order valence-electron chi connectivity index (χ4n) is 2.01. The Hall–Kier alpha value is -2.10. The number of aromatic nitrogens is 1. The Morgan fingerprint density at radius 3 is 2.84 bits per heavy atom. The predicted molar refractivity (Wildman–Crippen MR) is 73.5 cm³/mol. The van der Waals surface area contributed by atoms with E-state index in [2.05, 4.69) is 4.98 Å². The van der Waals surface area contributed by atoms with E-state index >= 15 is 0 Å². The fraction of sp³-hybridized carbons (Fsp3) is 0.333. The van der Waals surface area contributed by atoms with E-state index in [9.17, 15) is 4.79 Å². The van der Waals surface area contributed by atoms with Gasteiger partial charge in [-0.05, 0) is 38.0 Å². The molecular weight excluding hydrogens is 242 g/mol. The maximum absolute atomic E-state index is 10.7. The number of carbonyl (C=O) groups is 1. The van der Waals surface area contributed by atoms with Gasteiger partial charge in [0.15, 0.2) is 0 Å². The van der Waals surface area contributed by atoms with Gasteiger partial charge in [0.05, 0.1) is 6.10 Å². The van der Waals surface area contributed by atoms with Gasteiger partial charge in [-0.2, -0.15) is 0 Å². The quantitative estimate of drug-likeness (QED) is 0.896. The van der Waals surface area contributed by atoms with Crippen LogP contribution in [0.4, 0.5) is 0 Å². The van der Waals surface area contributed by atoms with Gasteiger partial charge in [0, 0.05) is 18.0 Å².